The summed E-state index contributed by atoms with van der Waals surface area (Å²) in [6, 6.07) is 13.5. The lowest BCUT2D eigenvalue weighted by atomic mass is 10.2. The Hall–Kier alpha value is -3.45. The summed E-state index contributed by atoms with van der Waals surface area (Å²) < 4.78 is 5.30. The number of hydrazine groups is 1. The van der Waals surface area contributed by atoms with E-state index in [-0.39, 0.29) is 5.84 Å². The first kappa shape index (κ1) is 16.9. The summed E-state index contributed by atoms with van der Waals surface area (Å²) in [5, 5.41) is 7.13. The predicted octanol–water partition coefficient (Wildman–Crippen LogP) is 1.98. The van der Waals surface area contributed by atoms with Crippen molar-refractivity contribution in [2.75, 3.05) is 0 Å². The Morgan fingerprint density at radius 2 is 1.79 bits per heavy atom. The van der Waals surface area contributed by atoms with Crippen LogP contribution in [-0.2, 0) is 0 Å². The number of benzene rings is 2. The van der Waals surface area contributed by atoms with Crippen LogP contribution in [0, 0.1) is 5.41 Å². The Bertz CT molecular complexity index is 765. The van der Waals surface area contributed by atoms with Crippen LogP contribution >= 0.6 is 0 Å². The largest absolute Gasteiger partial charge is 0.423 e. The standard InChI is InChI=1S/C17H17N5O2/c18-16(19)10-3-12-1-8-15(9-2-12)24-17(23)13-4-6-14(7-5-13)21-11-22-20/h1-11H,20H2,(H3,18,19)(H,21,22). The highest BCUT2D eigenvalue weighted by Crippen LogP contribution is 2.17. The van der Waals surface area contributed by atoms with Gasteiger partial charge in [0.15, 0.2) is 0 Å². The van der Waals surface area contributed by atoms with Gasteiger partial charge in [-0.3, -0.25) is 5.41 Å². The molecule has 0 heterocycles. The Morgan fingerprint density at radius 3 is 2.38 bits per heavy atom. The molecular weight excluding hydrogens is 306 g/mol. The summed E-state index contributed by atoms with van der Waals surface area (Å²) >= 11 is 0. The molecule has 0 radical (unpaired) electrons. The average molecular weight is 323 g/mol. The molecule has 2 aromatic rings. The van der Waals surface area contributed by atoms with Gasteiger partial charge in [0.25, 0.3) is 0 Å². The van der Waals surface area contributed by atoms with Gasteiger partial charge in [-0.25, -0.2) is 15.6 Å². The fourth-order valence-corrected chi connectivity index (χ4v) is 1.79. The molecule has 0 aliphatic rings. The van der Waals surface area contributed by atoms with Gasteiger partial charge in [-0.2, -0.15) is 0 Å². The molecule has 2 aromatic carbocycles. The second-order valence-electron chi connectivity index (χ2n) is 4.72. The number of aliphatic imine (C=N–C) groups is 1. The second kappa shape index (κ2) is 8.25. The van der Waals surface area contributed by atoms with Crippen molar-refractivity contribution >= 4 is 29.9 Å². The first-order chi connectivity index (χ1) is 11.6. The van der Waals surface area contributed by atoms with Crippen LogP contribution in [0.3, 0.4) is 0 Å². The number of rotatable bonds is 6. The number of hydrogen-bond acceptors (Lipinski definition) is 5. The highest BCUT2D eigenvalue weighted by atomic mass is 16.5. The number of amidine groups is 1. The Balaban J connectivity index is 2.01. The van der Waals surface area contributed by atoms with Crippen LogP contribution < -0.4 is 21.7 Å². The van der Waals surface area contributed by atoms with Gasteiger partial charge >= 0.3 is 5.97 Å². The Labute approximate surface area is 139 Å². The predicted molar refractivity (Wildman–Crippen MR) is 94.3 cm³/mol. The Kier molecular flexibility index (Phi) is 5.82. The minimum absolute atomic E-state index is 0.0273. The van der Waals surface area contributed by atoms with Crippen LogP contribution in [0.1, 0.15) is 15.9 Å². The van der Waals surface area contributed by atoms with E-state index in [1.807, 2.05) is 0 Å². The molecule has 7 nitrogen and oxygen atoms in total. The van der Waals surface area contributed by atoms with Crippen LogP contribution in [0.5, 0.6) is 5.75 Å². The molecule has 0 saturated heterocycles. The summed E-state index contributed by atoms with van der Waals surface area (Å²) in [4.78, 5) is 16.1. The Morgan fingerprint density at radius 1 is 1.12 bits per heavy atom. The molecular formula is C17H17N5O2. The van der Waals surface area contributed by atoms with E-state index in [1.54, 1.807) is 54.6 Å². The fourth-order valence-electron chi connectivity index (χ4n) is 1.79. The second-order valence-corrected chi connectivity index (χ2v) is 4.72. The summed E-state index contributed by atoms with van der Waals surface area (Å²) in [7, 11) is 0. The van der Waals surface area contributed by atoms with Crippen molar-refractivity contribution in [1.82, 2.24) is 5.43 Å². The highest BCUT2D eigenvalue weighted by Gasteiger charge is 2.08. The van der Waals surface area contributed by atoms with Crippen molar-refractivity contribution in [3.63, 3.8) is 0 Å². The first-order valence-corrected chi connectivity index (χ1v) is 7.01. The molecule has 0 aliphatic carbocycles. The lowest BCUT2D eigenvalue weighted by Gasteiger charge is -2.05. The molecule has 24 heavy (non-hydrogen) atoms. The van der Waals surface area contributed by atoms with Gasteiger partial charge in [-0.1, -0.05) is 18.2 Å². The van der Waals surface area contributed by atoms with E-state index in [4.69, 9.17) is 21.7 Å². The molecule has 0 saturated carbocycles. The van der Waals surface area contributed by atoms with Gasteiger partial charge in [0.1, 0.15) is 17.9 Å². The van der Waals surface area contributed by atoms with E-state index in [0.29, 0.717) is 17.0 Å². The van der Waals surface area contributed by atoms with Crippen molar-refractivity contribution < 1.29 is 9.53 Å². The molecule has 2 rings (SSSR count). The van der Waals surface area contributed by atoms with Crippen LogP contribution in [0.4, 0.5) is 5.69 Å². The number of carbonyl (C=O) groups is 1. The third-order valence-corrected chi connectivity index (χ3v) is 2.94. The van der Waals surface area contributed by atoms with E-state index in [0.717, 1.165) is 5.56 Å². The summed E-state index contributed by atoms with van der Waals surface area (Å²) in [6.45, 7) is 0. The van der Waals surface area contributed by atoms with Gasteiger partial charge in [0, 0.05) is 0 Å². The van der Waals surface area contributed by atoms with Gasteiger partial charge < -0.3 is 15.9 Å². The molecule has 0 atom stereocenters. The molecule has 0 aliphatic heterocycles. The van der Waals surface area contributed by atoms with E-state index in [9.17, 15) is 4.79 Å². The van der Waals surface area contributed by atoms with Gasteiger partial charge in [0.2, 0.25) is 0 Å². The number of esters is 1. The van der Waals surface area contributed by atoms with E-state index in [1.165, 1.54) is 12.4 Å². The number of carbonyl (C=O) groups excluding carboxylic acids is 1. The monoisotopic (exact) mass is 323 g/mol. The number of ether oxygens (including phenoxy) is 1. The topological polar surface area (TPSA) is 127 Å². The minimum atomic E-state index is -0.463. The zero-order chi connectivity index (χ0) is 17.4. The van der Waals surface area contributed by atoms with Crippen molar-refractivity contribution in [2.24, 2.45) is 16.6 Å². The molecule has 0 aromatic heterocycles. The molecule has 7 heteroatoms. The lowest BCUT2D eigenvalue weighted by Crippen LogP contribution is -2.18. The summed E-state index contributed by atoms with van der Waals surface area (Å²) in [6.07, 6.45) is 4.52. The molecule has 0 fully saturated rings. The minimum Gasteiger partial charge on any atom is -0.423 e. The van der Waals surface area contributed by atoms with Crippen molar-refractivity contribution in [1.29, 1.82) is 5.41 Å². The number of nitrogens with zero attached hydrogens (tertiary/aromatic N) is 1. The lowest BCUT2D eigenvalue weighted by molar-refractivity contribution is 0.0735. The summed E-state index contributed by atoms with van der Waals surface area (Å²) in [5.74, 6) is 5.03. The van der Waals surface area contributed by atoms with Gasteiger partial charge in [-0.15, -0.1) is 0 Å². The average Bonchev–Trinajstić information content (AvgIpc) is 2.59. The third kappa shape index (κ3) is 5.08. The molecule has 0 unspecified atom stereocenters. The summed E-state index contributed by atoms with van der Waals surface area (Å²) in [5.41, 5.74) is 9.46. The number of hydrogen-bond donors (Lipinski definition) is 4. The zero-order valence-corrected chi connectivity index (χ0v) is 12.8. The SMILES string of the molecule is N=C(N)C=Cc1ccc(OC(=O)c2ccc(N=CNN)cc2)cc1. The quantitative estimate of drug-likeness (QED) is 0.161. The van der Waals surface area contributed by atoms with Crippen LogP contribution in [0.25, 0.3) is 6.08 Å². The number of nitrogens with one attached hydrogen (secondary N) is 2. The maximum atomic E-state index is 12.1. The van der Waals surface area contributed by atoms with Crippen LogP contribution in [0.15, 0.2) is 59.6 Å². The number of nitrogens with two attached hydrogens (primary N) is 2. The fraction of sp³-hybridized carbons (Fsp3) is 0. The normalized spacial score (nSPS) is 10.9. The first-order valence-electron chi connectivity index (χ1n) is 7.01. The van der Waals surface area contributed by atoms with E-state index in [2.05, 4.69) is 10.4 Å². The molecule has 0 amide bonds. The van der Waals surface area contributed by atoms with Gasteiger partial charge in [0.05, 0.1) is 11.3 Å². The van der Waals surface area contributed by atoms with Crippen molar-refractivity contribution in [2.45, 2.75) is 0 Å². The zero-order valence-electron chi connectivity index (χ0n) is 12.8. The third-order valence-electron chi connectivity index (χ3n) is 2.94. The molecule has 122 valence electrons. The van der Waals surface area contributed by atoms with Gasteiger partial charge in [-0.05, 0) is 48.0 Å². The molecule has 0 spiro atoms. The molecule has 6 N–H and O–H groups in total. The molecule has 0 bridgehead atoms. The maximum absolute atomic E-state index is 12.1. The van der Waals surface area contributed by atoms with E-state index < -0.39 is 5.97 Å². The van der Waals surface area contributed by atoms with Crippen molar-refractivity contribution in [3.05, 3.63) is 65.7 Å². The smallest absolute Gasteiger partial charge is 0.343 e. The van der Waals surface area contributed by atoms with Crippen LogP contribution in [0.2, 0.25) is 0 Å². The van der Waals surface area contributed by atoms with Crippen LogP contribution in [-0.4, -0.2) is 18.1 Å². The maximum Gasteiger partial charge on any atom is 0.343 e. The van der Waals surface area contributed by atoms with Crippen molar-refractivity contribution in [3.8, 4) is 5.75 Å². The van der Waals surface area contributed by atoms with E-state index >= 15 is 0 Å². The highest BCUT2D eigenvalue weighted by molar-refractivity contribution is 5.93.